The van der Waals surface area contributed by atoms with Crippen LogP contribution >= 0.6 is 0 Å². The predicted molar refractivity (Wildman–Crippen MR) is 78.3 cm³/mol. The topological polar surface area (TPSA) is 21.3 Å². The molecular formula is C17H25NO. The summed E-state index contributed by atoms with van der Waals surface area (Å²) in [6.07, 6.45) is 8.02. The number of ether oxygens (including phenoxy) is 1. The van der Waals surface area contributed by atoms with E-state index in [1.807, 2.05) is 0 Å². The van der Waals surface area contributed by atoms with Gasteiger partial charge in [0.2, 0.25) is 0 Å². The molecular weight excluding hydrogens is 234 g/mol. The Morgan fingerprint density at radius 2 is 2.16 bits per heavy atom. The van der Waals surface area contributed by atoms with Gasteiger partial charge in [-0.25, -0.2) is 0 Å². The van der Waals surface area contributed by atoms with Gasteiger partial charge >= 0.3 is 0 Å². The van der Waals surface area contributed by atoms with Crippen LogP contribution < -0.4 is 5.32 Å². The largest absolute Gasteiger partial charge is 0.373 e. The number of nitrogens with one attached hydrogen (secondary N) is 1. The highest BCUT2D eigenvalue weighted by molar-refractivity contribution is 5.30. The van der Waals surface area contributed by atoms with E-state index in [2.05, 4.69) is 36.6 Å². The van der Waals surface area contributed by atoms with Crippen molar-refractivity contribution in [3.8, 4) is 0 Å². The normalized spacial score (nSPS) is 30.9. The molecule has 3 atom stereocenters. The van der Waals surface area contributed by atoms with Gasteiger partial charge in [-0.15, -0.1) is 0 Å². The van der Waals surface area contributed by atoms with Crippen molar-refractivity contribution in [3.05, 3.63) is 35.4 Å². The van der Waals surface area contributed by atoms with Gasteiger partial charge in [-0.2, -0.15) is 0 Å². The molecule has 1 aromatic rings. The van der Waals surface area contributed by atoms with E-state index >= 15 is 0 Å². The summed E-state index contributed by atoms with van der Waals surface area (Å²) in [7, 11) is 2.10. The molecule has 3 rings (SSSR count). The van der Waals surface area contributed by atoms with E-state index in [1.54, 1.807) is 0 Å². The highest BCUT2D eigenvalue weighted by atomic mass is 16.5. The minimum absolute atomic E-state index is 0.338. The van der Waals surface area contributed by atoms with Gasteiger partial charge in [0.15, 0.2) is 0 Å². The average molecular weight is 259 g/mol. The van der Waals surface area contributed by atoms with Crippen LogP contribution in [0.25, 0.3) is 0 Å². The van der Waals surface area contributed by atoms with Crippen LogP contribution in [0, 0.1) is 5.92 Å². The maximum absolute atomic E-state index is 6.06. The quantitative estimate of drug-likeness (QED) is 0.897. The third-order valence-electron chi connectivity index (χ3n) is 4.83. The summed E-state index contributed by atoms with van der Waals surface area (Å²) in [6.45, 7) is 0.893. The molecule has 1 saturated carbocycles. The van der Waals surface area contributed by atoms with Crippen molar-refractivity contribution < 1.29 is 4.74 Å². The Morgan fingerprint density at radius 3 is 3.05 bits per heavy atom. The summed E-state index contributed by atoms with van der Waals surface area (Å²) in [5.74, 6) is 0.822. The molecule has 1 N–H and O–H groups in total. The molecule has 0 amide bonds. The molecule has 0 saturated heterocycles. The Labute approximate surface area is 116 Å². The van der Waals surface area contributed by atoms with Gasteiger partial charge in [0.25, 0.3) is 0 Å². The first-order valence-corrected chi connectivity index (χ1v) is 7.73. The summed E-state index contributed by atoms with van der Waals surface area (Å²) >= 11 is 0. The Hall–Kier alpha value is -0.860. The highest BCUT2D eigenvalue weighted by Gasteiger charge is 2.27. The molecule has 2 heteroatoms. The van der Waals surface area contributed by atoms with Crippen LogP contribution in [-0.4, -0.2) is 19.7 Å². The lowest BCUT2D eigenvalue weighted by atomic mass is 9.80. The van der Waals surface area contributed by atoms with Gasteiger partial charge in [0.1, 0.15) is 0 Å². The van der Waals surface area contributed by atoms with Crippen LogP contribution in [0.15, 0.2) is 24.3 Å². The van der Waals surface area contributed by atoms with Crippen molar-refractivity contribution in [1.29, 1.82) is 0 Å². The Kier molecular flexibility index (Phi) is 4.19. The number of benzene rings is 1. The average Bonchev–Trinajstić information content (AvgIpc) is 2.48. The third-order valence-corrected chi connectivity index (χ3v) is 4.83. The number of hydrogen-bond acceptors (Lipinski definition) is 2. The lowest BCUT2D eigenvalue weighted by molar-refractivity contribution is 0.0198. The zero-order chi connectivity index (χ0) is 13.1. The van der Waals surface area contributed by atoms with Crippen molar-refractivity contribution >= 4 is 0 Å². The molecule has 19 heavy (non-hydrogen) atoms. The number of hydrogen-bond donors (Lipinski definition) is 1. The van der Waals surface area contributed by atoms with E-state index in [0.717, 1.165) is 25.0 Å². The minimum atomic E-state index is 0.338. The fraction of sp³-hybridized carbons (Fsp3) is 0.647. The molecule has 0 aromatic heterocycles. The van der Waals surface area contributed by atoms with E-state index in [9.17, 15) is 0 Å². The van der Waals surface area contributed by atoms with Crippen LogP contribution in [0.2, 0.25) is 0 Å². The predicted octanol–water partition coefficient (Wildman–Crippen LogP) is 3.47. The first-order valence-electron chi connectivity index (χ1n) is 7.73. The maximum atomic E-state index is 6.06. The fourth-order valence-corrected chi connectivity index (χ4v) is 3.74. The van der Waals surface area contributed by atoms with Gasteiger partial charge in [-0.3, -0.25) is 0 Å². The summed E-state index contributed by atoms with van der Waals surface area (Å²) in [5, 5.41) is 3.45. The van der Waals surface area contributed by atoms with Crippen molar-refractivity contribution in [3.63, 3.8) is 0 Å². The van der Waals surface area contributed by atoms with Crippen LogP contribution in [0.3, 0.4) is 0 Å². The smallest absolute Gasteiger partial charge is 0.0830 e. The van der Waals surface area contributed by atoms with E-state index in [4.69, 9.17) is 4.74 Å². The van der Waals surface area contributed by atoms with Gasteiger partial charge in [-0.1, -0.05) is 37.1 Å². The molecule has 0 spiro atoms. The second-order valence-corrected chi connectivity index (χ2v) is 6.06. The molecule has 1 aliphatic heterocycles. The summed E-state index contributed by atoms with van der Waals surface area (Å²) in [6, 6.07) is 9.55. The second kappa shape index (κ2) is 6.06. The molecule has 1 heterocycles. The maximum Gasteiger partial charge on any atom is 0.0830 e. The van der Waals surface area contributed by atoms with Gasteiger partial charge < -0.3 is 10.1 Å². The van der Waals surface area contributed by atoms with Crippen LogP contribution in [0.5, 0.6) is 0 Å². The molecule has 0 bridgehead atoms. The van der Waals surface area contributed by atoms with Crippen molar-refractivity contribution in [2.24, 2.45) is 5.92 Å². The summed E-state index contributed by atoms with van der Waals surface area (Å²) in [4.78, 5) is 0. The van der Waals surface area contributed by atoms with E-state index in [0.29, 0.717) is 6.10 Å². The van der Waals surface area contributed by atoms with Crippen molar-refractivity contribution in [1.82, 2.24) is 5.32 Å². The molecule has 1 aromatic carbocycles. The molecule has 104 valence electrons. The number of fused-ring (bicyclic) bond motifs is 1. The van der Waals surface area contributed by atoms with Gasteiger partial charge in [-0.05, 0) is 49.8 Å². The molecule has 2 nitrogen and oxygen atoms in total. The highest BCUT2D eigenvalue weighted by Crippen LogP contribution is 2.36. The zero-order valence-corrected chi connectivity index (χ0v) is 11.9. The molecule has 1 fully saturated rings. The van der Waals surface area contributed by atoms with Crippen molar-refractivity contribution in [2.75, 3.05) is 13.7 Å². The number of rotatable bonds is 3. The van der Waals surface area contributed by atoms with E-state index in [1.165, 1.54) is 43.2 Å². The molecule has 0 radical (unpaired) electrons. The monoisotopic (exact) mass is 259 g/mol. The molecule has 3 unspecified atom stereocenters. The Morgan fingerprint density at radius 1 is 1.26 bits per heavy atom. The first kappa shape index (κ1) is 13.1. The lowest BCUT2D eigenvalue weighted by Crippen LogP contribution is -2.32. The second-order valence-electron chi connectivity index (χ2n) is 6.06. The van der Waals surface area contributed by atoms with E-state index < -0.39 is 0 Å². The van der Waals surface area contributed by atoms with Crippen LogP contribution in [-0.2, 0) is 11.2 Å². The Balaban J connectivity index is 1.67. The summed E-state index contributed by atoms with van der Waals surface area (Å²) < 4.78 is 6.06. The van der Waals surface area contributed by atoms with Gasteiger partial charge in [0.05, 0.1) is 12.7 Å². The lowest BCUT2D eigenvalue weighted by Gasteiger charge is -2.33. The van der Waals surface area contributed by atoms with E-state index in [-0.39, 0.29) is 0 Å². The third kappa shape index (κ3) is 3.01. The minimum Gasteiger partial charge on any atom is -0.373 e. The summed E-state index contributed by atoms with van der Waals surface area (Å²) in [5.41, 5.74) is 2.94. The molecule has 2 aliphatic rings. The Bertz CT molecular complexity index is 417. The van der Waals surface area contributed by atoms with Gasteiger partial charge in [0, 0.05) is 6.04 Å². The first-order chi connectivity index (χ1) is 9.36. The molecule has 1 aliphatic carbocycles. The van der Waals surface area contributed by atoms with Crippen LogP contribution in [0.1, 0.15) is 49.3 Å². The van der Waals surface area contributed by atoms with Crippen LogP contribution in [0.4, 0.5) is 0 Å². The standard InChI is InChI=1S/C17H25NO/c1-18-15-7-4-5-13(11-15)12-17-16-8-3-2-6-14(16)9-10-19-17/h2-3,6,8,13,15,17-18H,4-5,7,9-12H2,1H3. The fourth-order valence-electron chi connectivity index (χ4n) is 3.74. The zero-order valence-electron chi connectivity index (χ0n) is 11.9. The van der Waals surface area contributed by atoms with Crippen molar-refractivity contribution in [2.45, 2.75) is 50.7 Å². The SMILES string of the molecule is CNC1CCCC(CC2OCCc3ccccc32)C1.